The highest BCUT2D eigenvalue weighted by Crippen LogP contribution is 2.22. The number of rotatable bonds is 6. The van der Waals surface area contributed by atoms with Gasteiger partial charge in [-0.05, 0) is 42.8 Å². The number of hydrogen-bond donors (Lipinski definition) is 1. The van der Waals surface area contributed by atoms with E-state index < -0.39 is 0 Å². The van der Waals surface area contributed by atoms with Crippen molar-refractivity contribution in [2.24, 2.45) is 0 Å². The van der Waals surface area contributed by atoms with Crippen LogP contribution in [0.15, 0.2) is 36.4 Å². The number of ether oxygens (including phenoxy) is 1. The Kier molecular flexibility index (Phi) is 4.90. The van der Waals surface area contributed by atoms with Crippen molar-refractivity contribution in [3.05, 3.63) is 63.5 Å². The Labute approximate surface area is 151 Å². The summed E-state index contributed by atoms with van der Waals surface area (Å²) in [5.41, 5.74) is 2.37. The molecule has 0 aliphatic carbocycles. The highest BCUT2D eigenvalue weighted by Gasteiger charge is 2.23. The van der Waals surface area contributed by atoms with E-state index in [0.717, 1.165) is 23.1 Å². The first kappa shape index (κ1) is 17.9. The van der Waals surface area contributed by atoms with Gasteiger partial charge in [-0.1, -0.05) is 18.2 Å². The molecule has 0 aliphatic rings. The van der Waals surface area contributed by atoms with Crippen LogP contribution in [0.1, 0.15) is 17.0 Å². The number of methoxy groups -OCH3 is 1. The molecule has 136 valence electrons. The lowest BCUT2D eigenvalue weighted by atomic mass is 10.1. The van der Waals surface area contributed by atoms with E-state index in [1.54, 1.807) is 25.6 Å². The van der Waals surface area contributed by atoms with Gasteiger partial charge in [0.15, 0.2) is 6.67 Å². The third kappa shape index (κ3) is 3.52. The van der Waals surface area contributed by atoms with Crippen molar-refractivity contribution in [2.45, 2.75) is 27.1 Å². The number of fused-ring (bicyclic) bond motifs is 1. The van der Waals surface area contributed by atoms with Crippen molar-refractivity contribution in [1.82, 2.24) is 9.78 Å². The second-order valence-electron chi connectivity index (χ2n) is 6.62. The summed E-state index contributed by atoms with van der Waals surface area (Å²) in [7, 11) is 3.72. The zero-order chi connectivity index (χ0) is 18.8. The van der Waals surface area contributed by atoms with Crippen LogP contribution in [-0.4, -0.2) is 28.9 Å². The van der Waals surface area contributed by atoms with E-state index in [2.05, 4.69) is 36.4 Å². The predicted molar refractivity (Wildman–Crippen MR) is 99.4 cm³/mol. The molecule has 1 aromatic heterocycles. The summed E-state index contributed by atoms with van der Waals surface area (Å²) < 4.78 is 6.98. The topological polar surface area (TPSA) is 74.6 Å². The maximum atomic E-state index is 11.1. The number of nitrogens with zero attached hydrogens (tertiary/aromatic N) is 3. The minimum Gasteiger partial charge on any atom is -0.497 e. The number of nitro groups is 1. The van der Waals surface area contributed by atoms with Gasteiger partial charge >= 0.3 is 5.69 Å². The molecule has 2 aromatic carbocycles. The van der Waals surface area contributed by atoms with Crippen molar-refractivity contribution in [1.29, 1.82) is 0 Å². The van der Waals surface area contributed by atoms with E-state index in [1.165, 1.54) is 10.5 Å². The van der Waals surface area contributed by atoms with Crippen LogP contribution in [0.2, 0.25) is 0 Å². The van der Waals surface area contributed by atoms with Gasteiger partial charge in [-0.2, -0.15) is 5.10 Å². The van der Waals surface area contributed by atoms with Gasteiger partial charge < -0.3 is 9.64 Å². The molecule has 1 unspecified atom stereocenters. The third-order valence-electron chi connectivity index (χ3n) is 4.56. The van der Waals surface area contributed by atoms with E-state index >= 15 is 0 Å². The molecule has 1 heterocycles. The monoisotopic (exact) mass is 355 g/mol. The fourth-order valence-corrected chi connectivity index (χ4v) is 3.28. The average Bonchev–Trinajstić information content (AvgIpc) is 2.87. The molecule has 0 aliphatic heterocycles. The van der Waals surface area contributed by atoms with Gasteiger partial charge in [0.25, 0.3) is 0 Å². The molecule has 1 N–H and O–H groups in total. The van der Waals surface area contributed by atoms with Crippen molar-refractivity contribution in [3.8, 4) is 5.75 Å². The van der Waals surface area contributed by atoms with E-state index in [4.69, 9.17) is 4.74 Å². The molecule has 0 bridgehead atoms. The maximum Gasteiger partial charge on any atom is 0.312 e. The molecule has 3 rings (SSSR count). The number of aryl methyl sites for hydroxylation is 1. The molecular weight excluding hydrogens is 332 g/mol. The summed E-state index contributed by atoms with van der Waals surface area (Å²) in [6.45, 7) is 4.79. The Hall–Kier alpha value is -2.93. The summed E-state index contributed by atoms with van der Waals surface area (Å²) in [6.07, 6.45) is 0. The van der Waals surface area contributed by atoms with Crippen LogP contribution in [0, 0.1) is 24.0 Å². The summed E-state index contributed by atoms with van der Waals surface area (Å²) in [5, 5.41) is 17.8. The van der Waals surface area contributed by atoms with E-state index in [1.807, 2.05) is 12.1 Å². The SMILES string of the molecule is COc1ccc2cc(C[NH+](C)Cn3nc(C)c([N+](=O)[O-])c3C)ccc2c1. The summed E-state index contributed by atoms with van der Waals surface area (Å²) in [4.78, 5) is 12.0. The molecule has 0 spiro atoms. The zero-order valence-corrected chi connectivity index (χ0v) is 15.4. The van der Waals surface area contributed by atoms with Crippen LogP contribution in [0.3, 0.4) is 0 Å². The summed E-state index contributed by atoms with van der Waals surface area (Å²) in [5.74, 6) is 0.846. The lowest BCUT2D eigenvalue weighted by molar-refractivity contribution is -0.917. The number of quaternary nitrogens is 1. The predicted octanol–water partition coefficient (Wildman–Crippen LogP) is 2.24. The molecule has 0 saturated carbocycles. The molecule has 7 nitrogen and oxygen atoms in total. The van der Waals surface area contributed by atoms with Crippen molar-refractivity contribution in [2.75, 3.05) is 14.2 Å². The molecule has 0 amide bonds. The van der Waals surface area contributed by atoms with Crippen molar-refractivity contribution in [3.63, 3.8) is 0 Å². The second kappa shape index (κ2) is 7.13. The first-order valence-electron chi connectivity index (χ1n) is 8.45. The lowest BCUT2D eigenvalue weighted by Gasteiger charge is -2.15. The van der Waals surface area contributed by atoms with Gasteiger partial charge in [-0.15, -0.1) is 0 Å². The fourth-order valence-electron chi connectivity index (χ4n) is 3.28. The average molecular weight is 355 g/mol. The Balaban J connectivity index is 1.76. The Bertz CT molecular complexity index is 965. The van der Waals surface area contributed by atoms with Gasteiger partial charge in [0.1, 0.15) is 23.7 Å². The minimum atomic E-state index is -0.360. The highest BCUT2D eigenvalue weighted by atomic mass is 16.6. The normalized spacial score (nSPS) is 12.3. The van der Waals surface area contributed by atoms with E-state index in [-0.39, 0.29) is 10.6 Å². The largest absolute Gasteiger partial charge is 0.497 e. The van der Waals surface area contributed by atoms with E-state index in [0.29, 0.717) is 18.1 Å². The van der Waals surface area contributed by atoms with Crippen molar-refractivity contribution >= 4 is 16.5 Å². The van der Waals surface area contributed by atoms with Crippen LogP contribution >= 0.6 is 0 Å². The Morgan fingerprint density at radius 1 is 1.19 bits per heavy atom. The number of benzene rings is 2. The van der Waals surface area contributed by atoms with Crippen LogP contribution in [0.25, 0.3) is 10.8 Å². The third-order valence-corrected chi connectivity index (χ3v) is 4.56. The molecule has 0 radical (unpaired) electrons. The first-order chi connectivity index (χ1) is 12.4. The first-order valence-corrected chi connectivity index (χ1v) is 8.45. The number of nitrogens with one attached hydrogen (secondary N) is 1. The summed E-state index contributed by atoms with van der Waals surface area (Å²) >= 11 is 0. The van der Waals surface area contributed by atoms with Gasteiger partial charge in [0.2, 0.25) is 0 Å². The van der Waals surface area contributed by atoms with Crippen molar-refractivity contribution < 1.29 is 14.6 Å². The van der Waals surface area contributed by atoms with Crippen LogP contribution in [0.4, 0.5) is 5.69 Å². The van der Waals surface area contributed by atoms with Gasteiger partial charge in [0.05, 0.1) is 19.1 Å². The quantitative estimate of drug-likeness (QED) is 0.544. The molecule has 0 fully saturated rings. The molecule has 3 aromatic rings. The molecule has 0 saturated heterocycles. The molecule has 26 heavy (non-hydrogen) atoms. The van der Waals surface area contributed by atoms with E-state index in [9.17, 15) is 10.1 Å². The fraction of sp³-hybridized carbons (Fsp3) is 0.316. The van der Waals surface area contributed by atoms with Crippen LogP contribution in [0.5, 0.6) is 5.75 Å². The Morgan fingerprint density at radius 2 is 1.88 bits per heavy atom. The van der Waals surface area contributed by atoms with Crippen LogP contribution in [-0.2, 0) is 13.2 Å². The smallest absolute Gasteiger partial charge is 0.312 e. The second-order valence-corrected chi connectivity index (χ2v) is 6.62. The molecule has 1 atom stereocenters. The maximum absolute atomic E-state index is 11.1. The lowest BCUT2D eigenvalue weighted by Crippen LogP contribution is -3.07. The number of hydrogen-bond acceptors (Lipinski definition) is 4. The molecule has 7 heteroatoms. The zero-order valence-electron chi connectivity index (χ0n) is 15.4. The van der Waals surface area contributed by atoms with Gasteiger partial charge in [-0.3, -0.25) is 10.1 Å². The van der Waals surface area contributed by atoms with Gasteiger partial charge in [0, 0.05) is 5.56 Å². The highest BCUT2D eigenvalue weighted by molar-refractivity contribution is 5.84. The minimum absolute atomic E-state index is 0.109. The Morgan fingerprint density at radius 3 is 2.54 bits per heavy atom. The number of aromatic nitrogens is 2. The van der Waals surface area contributed by atoms with Gasteiger partial charge in [-0.25, -0.2) is 4.68 Å². The summed E-state index contributed by atoms with van der Waals surface area (Å²) in [6, 6.07) is 12.4. The van der Waals surface area contributed by atoms with Crippen LogP contribution < -0.4 is 9.64 Å². The molecular formula is C19H23N4O3+. The standard InChI is InChI=1S/C19H22N4O3/c1-13-19(23(24)25)14(2)22(20-13)12-21(3)11-15-5-6-17-10-18(26-4)8-7-16(17)9-15/h5-10H,11-12H2,1-4H3/p+1.